The van der Waals surface area contributed by atoms with Crippen molar-refractivity contribution in [2.24, 2.45) is 11.8 Å². The number of nitrogens with two attached hydrogens (primary N) is 1. The van der Waals surface area contributed by atoms with E-state index in [1.54, 1.807) is 0 Å². The smallest absolute Gasteiger partial charge is 0.221 e. The van der Waals surface area contributed by atoms with Gasteiger partial charge in [0, 0.05) is 42.2 Å². The van der Waals surface area contributed by atoms with E-state index in [2.05, 4.69) is 68.1 Å². The maximum Gasteiger partial charge on any atom is 0.221 e. The first-order valence-electron chi connectivity index (χ1n) is 17.3. The number of imidazole rings is 2. The van der Waals surface area contributed by atoms with Gasteiger partial charge in [-0.3, -0.25) is 4.79 Å². The molecule has 0 saturated heterocycles. The topological polar surface area (TPSA) is 90.8 Å². The van der Waals surface area contributed by atoms with Crippen LogP contribution in [0.2, 0.25) is 0 Å². The van der Waals surface area contributed by atoms with E-state index in [1.165, 1.54) is 88.0 Å². The van der Waals surface area contributed by atoms with Crippen LogP contribution < -0.4 is 11.1 Å². The Morgan fingerprint density at radius 2 is 1.18 bits per heavy atom. The summed E-state index contributed by atoms with van der Waals surface area (Å²) in [5.41, 5.74) is 12.0. The summed E-state index contributed by atoms with van der Waals surface area (Å²) in [5.74, 6) is 3.84. The van der Waals surface area contributed by atoms with Gasteiger partial charge in [0.1, 0.15) is 11.6 Å². The second-order valence-corrected chi connectivity index (χ2v) is 15.7. The molecular formula is C38H56N6O. The molecule has 6 rings (SSSR count). The molecule has 0 atom stereocenters. The number of amides is 1. The van der Waals surface area contributed by atoms with Gasteiger partial charge in [-0.2, -0.15) is 0 Å². The van der Waals surface area contributed by atoms with Crippen molar-refractivity contribution in [3.8, 4) is 0 Å². The summed E-state index contributed by atoms with van der Waals surface area (Å²) in [7, 11) is 0. The number of anilines is 2. The molecule has 0 unspecified atom stereocenters. The van der Waals surface area contributed by atoms with Crippen LogP contribution in [0.4, 0.5) is 11.4 Å². The lowest BCUT2D eigenvalue weighted by molar-refractivity contribution is -0.114. The van der Waals surface area contributed by atoms with E-state index in [0.717, 1.165) is 53.2 Å². The lowest BCUT2D eigenvalue weighted by Crippen LogP contribution is -2.22. The van der Waals surface area contributed by atoms with Crippen molar-refractivity contribution in [2.45, 2.75) is 137 Å². The quantitative estimate of drug-likeness (QED) is 0.220. The Morgan fingerprint density at radius 3 is 1.62 bits per heavy atom. The first kappa shape index (κ1) is 33.0. The summed E-state index contributed by atoms with van der Waals surface area (Å²) in [5, 5.41) is 2.86. The molecule has 2 fully saturated rings. The van der Waals surface area contributed by atoms with Crippen LogP contribution in [0, 0.1) is 11.8 Å². The molecule has 2 heterocycles. The molecule has 7 heteroatoms. The number of nitrogen functional groups attached to an aromatic ring is 1. The fourth-order valence-corrected chi connectivity index (χ4v) is 7.33. The summed E-state index contributed by atoms with van der Waals surface area (Å²) < 4.78 is 4.87. The Hall–Kier alpha value is -3.35. The van der Waals surface area contributed by atoms with Crippen molar-refractivity contribution in [3.63, 3.8) is 0 Å². The van der Waals surface area contributed by atoms with Crippen LogP contribution >= 0.6 is 0 Å². The van der Waals surface area contributed by atoms with Crippen LogP contribution in [-0.2, 0) is 28.7 Å². The van der Waals surface area contributed by atoms with Crippen molar-refractivity contribution in [3.05, 3.63) is 48.0 Å². The second kappa shape index (κ2) is 13.6. The number of nitrogens with zero attached hydrogens (tertiary/aromatic N) is 4. The summed E-state index contributed by atoms with van der Waals surface area (Å²) in [4.78, 5) is 21.1. The highest BCUT2D eigenvalue weighted by Gasteiger charge is 2.26. The summed E-state index contributed by atoms with van der Waals surface area (Å²) in [6, 6.07) is 12.2. The first-order chi connectivity index (χ1) is 21.3. The number of carbonyl (C=O) groups is 1. The fraction of sp³-hybridized carbons (Fsp3) is 0.605. The molecular weight excluding hydrogens is 556 g/mol. The van der Waals surface area contributed by atoms with Gasteiger partial charge in [0.2, 0.25) is 5.91 Å². The van der Waals surface area contributed by atoms with Crippen LogP contribution in [-0.4, -0.2) is 25.0 Å². The molecule has 45 heavy (non-hydrogen) atoms. The minimum Gasteiger partial charge on any atom is -0.399 e. The van der Waals surface area contributed by atoms with Gasteiger partial charge in [0.25, 0.3) is 0 Å². The van der Waals surface area contributed by atoms with Crippen LogP contribution in [0.3, 0.4) is 0 Å². The highest BCUT2D eigenvalue weighted by molar-refractivity contribution is 5.91. The number of nitrogens with one attached hydrogen (secondary N) is 1. The highest BCUT2D eigenvalue weighted by atomic mass is 16.1. The molecule has 1 amide bonds. The number of aromatic nitrogens is 4. The zero-order valence-corrected chi connectivity index (χ0v) is 28.9. The van der Waals surface area contributed by atoms with Crippen molar-refractivity contribution >= 4 is 39.3 Å². The van der Waals surface area contributed by atoms with Gasteiger partial charge in [-0.15, -0.1) is 0 Å². The molecule has 0 radical (unpaired) electrons. The van der Waals surface area contributed by atoms with E-state index in [0.29, 0.717) is 0 Å². The molecule has 4 aromatic rings. The Bertz CT molecular complexity index is 1600. The van der Waals surface area contributed by atoms with Gasteiger partial charge in [0.15, 0.2) is 0 Å². The van der Waals surface area contributed by atoms with E-state index < -0.39 is 0 Å². The van der Waals surface area contributed by atoms with Crippen molar-refractivity contribution in [1.29, 1.82) is 0 Å². The number of fused-ring (bicyclic) bond motifs is 2. The maximum atomic E-state index is 11.3. The maximum absolute atomic E-state index is 11.3. The van der Waals surface area contributed by atoms with Gasteiger partial charge in [-0.25, -0.2) is 9.97 Å². The largest absolute Gasteiger partial charge is 0.399 e. The average Bonchev–Trinajstić information content (AvgIpc) is 3.52. The molecule has 2 aromatic carbocycles. The lowest BCUT2D eigenvalue weighted by atomic mass is 9.88. The predicted molar refractivity (Wildman–Crippen MR) is 189 cm³/mol. The summed E-state index contributed by atoms with van der Waals surface area (Å²) in [6.07, 6.45) is 13.6. The second-order valence-electron chi connectivity index (χ2n) is 15.7. The molecule has 7 nitrogen and oxygen atoms in total. The standard InChI is InChI=1S/C20H29N3O.C18H27N3/c1-14(24)21-16-10-11-18-17(12-16)22-19(20(2,3)4)23(18)13-15-8-6-5-7-9-15;1-18(2,3)17-20-15-11-14(19)9-10-16(15)21(17)12-13-7-5-4-6-8-13/h10-12,15H,5-9,13H2,1-4H3,(H,21,24);9-11,13H,4-8,12,19H2,1-3H3. The zero-order valence-electron chi connectivity index (χ0n) is 28.9. The Morgan fingerprint density at radius 1 is 0.733 bits per heavy atom. The van der Waals surface area contributed by atoms with Crippen molar-refractivity contribution in [1.82, 2.24) is 19.1 Å². The normalized spacial score (nSPS) is 17.0. The van der Waals surface area contributed by atoms with E-state index in [-0.39, 0.29) is 16.7 Å². The van der Waals surface area contributed by atoms with E-state index in [9.17, 15) is 4.79 Å². The van der Waals surface area contributed by atoms with Gasteiger partial charge in [0.05, 0.1) is 22.1 Å². The SMILES string of the molecule is CC(=O)Nc1ccc2c(c1)nc(C(C)(C)C)n2CC1CCCCC1.CC(C)(C)c1nc2cc(N)ccc2n1CC1CCCCC1. The van der Waals surface area contributed by atoms with Gasteiger partial charge >= 0.3 is 0 Å². The lowest BCUT2D eigenvalue weighted by Gasteiger charge is -2.26. The van der Waals surface area contributed by atoms with Crippen LogP contribution in [0.1, 0.15) is 124 Å². The third-order valence-corrected chi connectivity index (χ3v) is 9.51. The van der Waals surface area contributed by atoms with Crippen LogP contribution in [0.5, 0.6) is 0 Å². The number of carbonyl (C=O) groups excluding carboxylic acids is 1. The third-order valence-electron chi connectivity index (χ3n) is 9.51. The fourth-order valence-electron chi connectivity index (χ4n) is 7.33. The highest BCUT2D eigenvalue weighted by Crippen LogP contribution is 2.33. The molecule has 0 aliphatic heterocycles. The molecule has 2 saturated carbocycles. The number of benzene rings is 2. The predicted octanol–water partition coefficient (Wildman–Crippen LogP) is 9.37. The first-order valence-corrected chi connectivity index (χ1v) is 17.3. The van der Waals surface area contributed by atoms with Crippen molar-refractivity contribution in [2.75, 3.05) is 11.1 Å². The third kappa shape index (κ3) is 8.09. The van der Waals surface area contributed by atoms with E-state index in [1.807, 2.05) is 24.3 Å². The summed E-state index contributed by atoms with van der Waals surface area (Å²) in [6.45, 7) is 17.1. The minimum absolute atomic E-state index is 0.00184. The van der Waals surface area contributed by atoms with E-state index in [4.69, 9.17) is 15.7 Å². The minimum atomic E-state index is -0.0490. The van der Waals surface area contributed by atoms with Gasteiger partial charge < -0.3 is 20.2 Å². The Labute approximate surface area is 270 Å². The number of hydrogen-bond donors (Lipinski definition) is 2. The molecule has 0 bridgehead atoms. The Balaban J connectivity index is 0.000000179. The summed E-state index contributed by atoms with van der Waals surface area (Å²) >= 11 is 0. The number of rotatable bonds is 5. The molecule has 2 aliphatic rings. The monoisotopic (exact) mass is 612 g/mol. The van der Waals surface area contributed by atoms with Crippen LogP contribution in [0.15, 0.2) is 36.4 Å². The molecule has 2 aliphatic carbocycles. The zero-order chi connectivity index (χ0) is 32.4. The Kier molecular flexibility index (Phi) is 9.95. The van der Waals surface area contributed by atoms with E-state index >= 15 is 0 Å². The molecule has 244 valence electrons. The average molecular weight is 613 g/mol. The molecule has 0 spiro atoms. The van der Waals surface area contributed by atoms with Crippen molar-refractivity contribution < 1.29 is 4.79 Å². The number of hydrogen-bond acceptors (Lipinski definition) is 4. The molecule has 2 aromatic heterocycles. The molecule has 3 N–H and O–H groups in total. The van der Waals surface area contributed by atoms with Gasteiger partial charge in [-0.1, -0.05) is 80.1 Å². The van der Waals surface area contributed by atoms with Crippen LogP contribution in [0.25, 0.3) is 22.1 Å². The van der Waals surface area contributed by atoms with Gasteiger partial charge in [-0.05, 0) is 73.9 Å².